The molecule has 1 aromatic heterocycles. The Balaban J connectivity index is 2.36. The van der Waals surface area contributed by atoms with Crippen LogP contribution < -0.4 is 4.74 Å². The second-order valence-electron chi connectivity index (χ2n) is 4.07. The van der Waals surface area contributed by atoms with E-state index in [1.165, 1.54) is 12.1 Å². The van der Waals surface area contributed by atoms with E-state index in [1.807, 2.05) is 6.92 Å². The summed E-state index contributed by atoms with van der Waals surface area (Å²) in [5.41, 5.74) is 0.856. The lowest BCUT2D eigenvalue weighted by molar-refractivity contribution is -0.384. The summed E-state index contributed by atoms with van der Waals surface area (Å²) in [7, 11) is 0. The maximum atomic E-state index is 10.8. The minimum atomic E-state index is -0.453. The Hall–Kier alpha value is -1.77. The molecule has 104 valence electrons. The quantitative estimate of drug-likeness (QED) is 0.456. The fraction of sp³-hybridized carbons (Fsp3) is 0.231. The Morgan fingerprint density at radius 2 is 2.10 bits per heavy atom. The van der Waals surface area contributed by atoms with Crippen LogP contribution in [0.3, 0.4) is 0 Å². The van der Waals surface area contributed by atoms with Crippen LogP contribution in [0.2, 0.25) is 0 Å². The molecule has 2 rings (SSSR count). The van der Waals surface area contributed by atoms with Crippen molar-refractivity contribution < 1.29 is 9.66 Å². The third-order valence-electron chi connectivity index (χ3n) is 2.57. The minimum Gasteiger partial charge on any atom is -0.438 e. The van der Waals surface area contributed by atoms with Crippen molar-refractivity contribution in [2.45, 2.75) is 20.3 Å². The Kier molecular flexibility index (Phi) is 4.48. The molecule has 20 heavy (non-hydrogen) atoms. The second-order valence-corrected chi connectivity index (χ2v) is 5.23. The lowest BCUT2D eigenvalue weighted by atomic mass is 10.3. The molecule has 0 saturated carbocycles. The van der Waals surface area contributed by atoms with E-state index < -0.39 is 4.92 Å². The van der Waals surface area contributed by atoms with Crippen LogP contribution in [0.5, 0.6) is 11.6 Å². The van der Waals surface area contributed by atoms with Crippen LogP contribution in [-0.4, -0.2) is 14.9 Å². The van der Waals surface area contributed by atoms with Gasteiger partial charge in [0.15, 0.2) is 0 Å². The van der Waals surface area contributed by atoms with Crippen LogP contribution in [0.1, 0.15) is 18.4 Å². The fourth-order valence-corrected chi connectivity index (χ4v) is 2.07. The van der Waals surface area contributed by atoms with E-state index in [2.05, 4.69) is 32.6 Å². The maximum Gasteiger partial charge on any atom is 0.273 e. The zero-order chi connectivity index (χ0) is 14.7. The number of hydrogen-bond donors (Lipinski definition) is 0. The maximum absolute atomic E-state index is 10.8. The van der Waals surface area contributed by atoms with Crippen LogP contribution in [0.25, 0.3) is 0 Å². The first-order valence-electron chi connectivity index (χ1n) is 5.96. The van der Waals surface area contributed by atoms with Crippen LogP contribution >= 0.6 is 22.6 Å². The number of nitro benzene ring substituents is 1. The molecule has 0 unspecified atom stereocenters. The minimum absolute atomic E-state index is 0.0121. The van der Waals surface area contributed by atoms with Crippen molar-refractivity contribution in [3.63, 3.8) is 0 Å². The van der Waals surface area contributed by atoms with Crippen molar-refractivity contribution in [2.75, 3.05) is 0 Å². The normalized spacial score (nSPS) is 10.3. The Labute approximate surface area is 129 Å². The average Bonchev–Trinajstić information content (AvgIpc) is 2.40. The molecular formula is C13H12IN3O3. The summed E-state index contributed by atoms with van der Waals surface area (Å²) in [6, 6.07) is 6.22. The number of halogens is 1. The van der Waals surface area contributed by atoms with Gasteiger partial charge < -0.3 is 4.74 Å². The highest BCUT2D eigenvalue weighted by Gasteiger charge is 2.12. The Morgan fingerprint density at radius 3 is 2.75 bits per heavy atom. The molecule has 0 aliphatic carbocycles. The van der Waals surface area contributed by atoms with Gasteiger partial charge in [-0.25, -0.2) is 4.98 Å². The number of ether oxygens (including phenoxy) is 1. The summed E-state index contributed by atoms with van der Waals surface area (Å²) < 4.78 is 6.44. The van der Waals surface area contributed by atoms with Gasteiger partial charge in [-0.15, -0.1) is 0 Å². The van der Waals surface area contributed by atoms with Crippen molar-refractivity contribution in [3.8, 4) is 11.6 Å². The van der Waals surface area contributed by atoms with E-state index in [0.29, 0.717) is 17.5 Å². The van der Waals surface area contributed by atoms with Gasteiger partial charge in [-0.05, 0) is 42.0 Å². The van der Waals surface area contributed by atoms with Crippen molar-refractivity contribution in [1.29, 1.82) is 0 Å². The summed E-state index contributed by atoms with van der Waals surface area (Å²) in [4.78, 5) is 18.8. The van der Waals surface area contributed by atoms with Crippen LogP contribution in [0.15, 0.2) is 24.3 Å². The second kappa shape index (κ2) is 6.12. The first kappa shape index (κ1) is 14.6. The number of aryl methyl sites for hydroxylation is 2. The van der Waals surface area contributed by atoms with Crippen LogP contribution in [0, 0.1) is 20.6 Å². The molecule has 0 amide bonds. The lowest BCUT2D eigenvalue weighted by Crippen LogP contribution is -1.98. The van der Waals surface area contributed by atoms with E-state index >= 15 is 0 Å². The molecule has 1 aromatic carbocycles. The van der Waals surface area contributed by atoms with Gasteiger partial charge in [-0.2, -0.15) is 4.98 Å². The summed E-state index contributed by atoms with van der Waals surface area (Å²) in [5, 5.41) is 10.8. The SMILES string of the molecule is CCc1cc(Oc2cc([N+](=O)[O-])ccc2I)nc(C)n1. The number of non-ortho nitro benzene ring substituents is 1. The van der Waals surface area contributed by atoms with Gasteiger partial charge >= 0.3 is 0 Å². The third-order valence-corrected chi connectivity index (χ3v) is 3.46. The van der Waals surface area contributed by atoms with Crippen molar-refractivity contribution in [2.24, 2.45) is 0 Å². The van der Waals surface area contributed by atoms with E-state index in [-0.39, 0.29) is 5.69 Å². The van der Waals surface area contributed by atoms with Gasteiger partial charge in [-0.1, -0.05) is 6.92 Å². The molecule has 0 bridgehead atoms. The number of benzene rings is 1. The summed E-state index contributed by atoms with van der Waals surface area (Å²) in [6.45, 7) is 3.77. The number of nitro groups is 1. The Bertz CT molecular complexity index is 661. The lowest BCUT2D eigenvalue weighted by Gasteiger charge is -2.08. The average molecular weight is 385 g/mol. The molecule has 0 N–H and O–H groups in total. The zero-order valence-corrected chi connectivity index (χ0v) is 13.1. The molecule has 0 fully saturated rings. The number of nitrogens with zero attached hydrogens (tertiary/aromatic N) is 3. The molecule has 1 heterocycles. The smallest absolute Gasteiger partial charge is 0.273 e. The molecule has 0 radical (unpaired) electrons. The largest absolute Gasteiger partial charge is 0.438 e. The molecule has 7 heteroatoms. The molecule has 6 nitrogen and oxygen atoms in total. The van der Waals surface area contributed by atoms with Gasteiger partial charge in [0.1, 0.15) is 11.6 Å². The van der Waals surface area contributed by atoms with Gasteiger partial charge in [0.25, 0.3) is 5.69 Å². The summed E-state index contributed by atoms with van der Waals surface area (Å²) in [6.07, 6.45) is 0.770. The first-order valence-corrected chi connectivity index (χ1v) is 7.04. The van der Waals surface area contributed by atoms with Gasteiger partial charge in [-0.3, -0.25) is 10.1 Å². The zero-order valence-electron chi connectivity index (χ0n) is 11.0. The number of aromatic nitrogens is 2. The summed E-state index contributed by atoms with van der Waals surface area (Å²) in [5.74, 6) is 1.42. The summed E-state index contributed by atoms with van der Waals surface area (Å²) >= 11 is 2.06. The number of hydrogen-bond acceptors (Lipinski definition) is 5. The topological polar surface area (TPSA) is 78.2 Å². The molecule has 0 spiro atoms. The predicted octanol–water partition coefficient (Wildman–Crippen LogP) is 3.65. The highest BCUT2D eigenvalue weighted by molar-refractivity contribution is 14.1. The molecule has 2 aromatic rings. The van der Waals surface area contributed by atoms with Crippen LogP contribution in [0.4, 0.5) is 5.69 Å². The molecule has 0 saturated heterocycles. The molecule has 0 aliphatic heterocycles. The van der Waals surface area contributed by atoms with Gasteiger partial charge in [0, 0.05) is 17.8 Å². The van der Waals surface area contributed by atoms with Crippen molar-refractivity contribution >= 4 is 28.3 Å². The van der Waals surface area contributed by atoms with Gasteiger partial charge in [0.05, 0.1) is 14.6 Å². The standard InChI is InChI=1S/C13H12IN3O3/c1-3-9-6-13(16-8(2)15-9)20-12-7-10(17(18)19)4-5-11(12)14/h4-7H,3H2,1-2H3. The fourth-order valence-electron chi connectivity index (χ4n) is 1.63. The van der Waals surface area contributed by atoms with Crippen molar-refractivity contribution in [3.05, 3.63) is 49.5 Å². The van der Waals surface area contributed by atoms with Crippen LogP contribution in [-0.2, 0) is 6.42 Å². The van der Waals surface area contributed by atoms with Crippen molar-refractivity contribution in [1.82, 2.24) is 9.97 Å². The Morgan fingerprint density at radius 1 is 1.35 bits per heavy atom. The van der Waals surface area contributed by atoms with E-state index in [0.717, 1.165) is 15.7 Å². The van der Waals surface area contributed by atoms with E-state index in [1.54, 1.807) is 19.1 Å². The molecule has 0 atom stereocenters. The van der Waals surface area contributed by atoms with E-state index in [9.17, 15) is 10.1 Å². The van der Waals surface area contributed by atoms with Gasteiger partial charge in [0.2, 0.25) is 5.88 Å². The molecule has 0 aliphatic rings. The number of rotatable bonds is 4. The first-order chi connectivity index (χ1) is 9.49. The molecular weight excluding hydrogens is 373 g/mol. The third kappa shape index (κ3) is 3.41. The predicted molar refractivity (Wildman–Crippen MR) is 82.0 cm³/mol. The monoisotopic (exact) mass is 385 g/mol. The highest BCUT2D eigenvalue weighted by Crippen LogP contribution is 2.29. The highest BCUT2D eigenvalue weighted by atomic mass is 127. The van der Waals surface area contributed by atoms with E-state index in [4.69, 9.17) is 4.74 Å².